The van der Waals surface area contributed by atoms with Gasteiger partial charge in [-0.25, -0.2) is 8.42 Å². The molecule has 0 aromatic heterocycles. The highest BCUT2D eigenvalue weighted by Crippen LogP contribution is 2.31. The molecule has 0 aliphatic rings. The molecule has 45 heavy (non-hydrogen) atoms. The van der Waals surface area contributed by atoms with Crippen molar-refractivity contribution in [1.29, 1.82) is 0 Å². The Morgan fingerprint density at radius 3 is 1.96 bits per heavy atom. The lowest BCUT2D eigenvalue weighted by Crippen LogP contribution is -2.53. The van der Waals surface area contributed by atoms with Gasteiger partial charge in [-0.1, -0.05) is 108 Å². The van der Waals surface area contributed by atoms with Crippen LogP contribution in [0.15, 0.2) is 102 Å². The van der Waals surface area contributed by atoms with E-state index < -0.39 is 34.4 Å². The molecule has 0 heterocycles. The topological polar surface area (TPSA) is 86.8 Å². The Balaban J connectivity index is 1.85. The summed E-state index contributed by atoms with van der Waals surface area (Å²) >= 11 is 25.6. The Morgan fingerprint density at radius 1 is 0.800 bits per heavy atom. The van der Waals surface area contributed by atoms with Gasteiger partial charge in [0.15, 0.2) is 0 Å². The van der Waals surface area contributed by atoms with E-state index in [0.717, 1.165) is 9.87 Å². The van der Waals surface area contributed by atoms with Crippen molar-refractivity contribution in [3.8, 4) is 0 Å². The van der Waals surface area contributed by atoms with Crippen molar-refractivity contribution in [2.75, 3.05) is 17.4 Å². The molecule has 4 rings (SSSR count). The molecule has 0 aliphatic heterocycles. The van der Waals surface area contributed by atoms with Crippen LogP contribution in [0.25, 0.3) is 0 Å². The molecule has 1 atom stereocenters. The number of nitrogens with one attached hydrogen (secondary N) is 1. The highest BCUT2D eigenvalue weighted by Gasteiger charge is 2.35. The van der Waals surface area contributed by atoms with Gasteiger partial charge in [0, 0.05) is 45.2 Å². The largest absolute Gasteiger partial charge is 0.354 e. The predicted molar refractivity (Wildman–Crippen MR) is 182 cm³/mol. The molecule has 0 radical (unpaired) electrons. The summed E-state index contributed by atoms with van der Waals surface area (Å²) in [7, 11) is -4.31. The van der Waals surface area contributed by atoms with Crippen molar-refractivity contribution in [3.63, 3.8) is 0 Å². The summed E-state index contributed by atoms with van der Waals surface area (Å²) < 4.78 is 29.1. The highest BCUT2D eigenvalue weighted by atomic mass is 35.5. The van der Waals surface area contributed by atoms with E-state index in [1.54, 1.807) is 36.4 Å². The van der Waals surface area contributed by atoms with E-state index in [1.807, 2.05) is 37.3 Å². The van der Waals surface area contributed by atoms with Crippen LogP contribution in [0, 0.1) is 0 Å². The van der Waals surface area contributed by atoms with Gasteiger partial charge in [-0.15, -0.1) is 0 Å². The van der Waals surface area contributed by atoms with Crippen LogP contribution in [0.1, 0.15) is 24.5 Å². The number of halogens is 4. The lowest BCUT2D eigenvalue weighted by atomic mass is 10.0. The fourth-order valence-corrected chi connectivity index (χ4v) is 7.16. The molecular weight excluding hydrogens is 676 g/mol. The van der Waals surface area contributed by atoms with Crippen molar-refractivity contribution in [2.45, 2.75) is 37.2 Å². The smallest absolute Gasteiger partial charge is 0.264 e. The van der Waals surface area contributed by atoms with Gasteiger partial charge in [-0.2, -0.15) is 0 Å². The summed E-state index contributed by atoms with van der Waals surface area (Å²) in [6.45, 7) is 1.46. The van der Waals surface area contributed by atoms with E-state index in [4.69, 9.17) is 46.4 Å². The normalized spacial score (nSPS) is 11.9. The van der Waals surface area contributed by atoms with E-state index in [-0.39, 0.29) is 33.6 Å². The van der Waals surface area contributed by atoms with E-state index in [1.165, 1.54) is 35.2 Å². The van der Waals surface area contributed by atoms with Crippen LogP contribution < -0.4 is 9.62 Å². The van der Waals surface area contributed by atoms with Crippen LogP contribution >= 0.6 is 46.4 Å². The average molecular weight is 708 g/mol. The number of amides is 2. The Labute approximate surface area is 283 Å². The minimum Gasteiger partial charge on any atom is -0.354 e. The molecular formula is C33H31Cl4N3O4S. The molecule has 2 amide bonds. The van der Waals surface area contributed by atoms with Crippen molar-refractivity contribution in [2.24, 2.45) is 0 Å². The molecule has 4 aromatic carbocycles. The Bertz CT molecular complexity index is 1700. The Morgan fingerprint density at radius 2 is 1.38 bits per heavy atom. The van der Waals surface area contributed by atoms with Crippen molar-refractivity contribution in [3.05, 3.63) is 128 Å². The molecule has 4 aromatic rings. The van der Waals surface area contributed by atoms with Gasteiger partial charge in [0.05, 0.1) is 10.6 Å². The number of hydrogen-bond acceptors (Lipinski definition) is 4. The molecule has 0 saturated heterocycles. The van der Waals surface area contributed by atoms with Crippen LogP contribution in [0.4, 0.5) is 5.69 Å². The van der Waals surface area contributed by atoms with Gasteiger partial charge in [0.1, 0.15) is 12.6 Å². The number of carbonyl (C=O) groups is 2. The third-order valence-electron chi connectivity index (χ3n) is 6.96. The zero-order chi connectivity index (χ0) is 32.6. The third kappa shape index (κ3) is 8.93. The maximum absolute atomic E-state index is 14.5. The number of sulfonamides is 1. The molecule has 0 aliphatic carbocycles. The molecule has 1 unspecified atom stereocenters. The standard InChI is InChI=1S/C33H31Cl4N3O4S/c1-2-16-38-33(42)31(17-23-10-5-3-6-11-23)39(21-28-29(36)14-9-15-30(28)37)32(41)22-40(26-19-24(34)18-25(35)20-26)45(43,44)27-12-7-4-8-13-27/h3-15,18-20,31H,2,16-17,21-22H2,1H3,(H,38,42). The quantitative estimate of drug-likeness (QED) is 0.155. The summed E-state index contributed by atoms with van der Waals surface area (Å²) in [5, 5.41) is 3.84. The molecule has 7 nitrogen and oxygen atoms in total. The zero-order valence-electron chi connectivity index (χ0n) is 24.3. The van der Waals surface area contributed by atoms with Crippen LogP contribution in [-0.2, 0) is 32.6 Å². The minimum absolute atomic E-state index is 0.0453. The van der Waals surface area contributed by atoms with E-state index in [0.29, 0.717) is 28.6 Å². The summed E-state index contributed by atoms with van der Waals surface area (Å²) in [5.74, 6) is -1.07. The third-order valence-corrected chi connectivity index (χ3v) is 9.89. The predicted octanol–water partition coefficient (Wildman–Crippen LogP) is 7.66. The van der Waals surface area contributed by atoms with Crippen molar-refractivity contribution < 1.29 is 18.0 Å². The Hall–Kier alpha value is -3.27. The fourth-order valence-electron chi connectivity index (χ4n) is 4.71. The van der Waals surface area contributed by atoms with Gasteiger partial charge in [0.25, 0.3) is 10.0 Å². The van der Waals surface area contributed by atoms with E-state index in [2.05, 4.69) is 5.32 Å². The molecule has 12 heteroatoms. The molecule has 0 fully saturated rings. The van der Waals surface area contributed by atoms with Gasteiger partial charge < -0.3 is 10.2 Å². The monoisotopic (exact) mass is 705 g/mol. The molecule has 1 N–H and O–H groups in total. The fraction of sp³-hybridized carbons (Fsp3) is 0.212. The highest BCUT2D eigenvalue weighted by molar-refractivity contribution is 7.92. The maximum atomic E-state index is 14.5. The van der Waals surface area contributed by atoms with Gasteiger partial charge in [0.2, 0.25) is 11.8 Å². The number of rotatable bonds is 13. The zero-order valence-corrected chi connectivity index (χ0v) is 28.1. The summed E-state index contributed by atoms with van der Waals surface area (Å²) in [4.78, 5) is 29.5. The first-order valence-corrected chi connectivity index (χ1v) is 17.0. The van der Waals surface area contributed by atoms with Crippen LogP contribution in [-0.4, -0.2) is 44.3 Å². The van der Waals surface area contributed by atoms with Crippen LogP contribution in [0.2, 0.25) is 20.1 Å². The number of benzene rings is 4. The molecule has 0 bridgehead atoms. The molecule has 0 saturated carbocycles. The summed E-state index contributed by atoms with van der Waals surface area (Å²) in [6, 6.07) is 25.1. The van der Waals surface area contributed by atoms with E-state index in [9.17, 15) is 18.0 Å². The first kappa shape index (κ1) is 34.6. The second-order valence-corrected chi connectivity index (χ2v) is 13.7. The number of nitrogens with zero attached hydrogens (tertiary/aromatic N) is 2. The lowest BCUT2D eigenvalue weighted by molar-refractivity contribution is -0.140. The lowest BCUT2D eigenvalue weighted by Gasteiger charge is -2.34. The van der Waals surface area contributed by atoms with Gasteiger partial charge in [-0.05, 0) is 54.4 Å². The first-order valence-electron chi connectivity index (χ1n) is 14.1. The summed E-state index contributed by atoms with van der Waals surface area (Å²) in [5.41, 5.74) is 1.29. The maximum Gasteiger partial charge on any atom is 0.264 e. The molecule has 0 spiro atoms. The average Bonchev–Trinajstić information content (AvgIpc) is 3.01. The number of anilines is 1. The number of carbonyl (C=O) groups excluding carboxylic acids is 2. The van der Waals surface area contributed by atoms with Crippen LogP contribution in [0.5, 0.6) is 0 Å². The number of hydrogen-bond donors (Lipinski definition) is 1. The van der Waals surface area contributed by atoms with Crippen LogP contribution in [0.3, 0.4) is 0 Å². The molecule has 236 valence electrons. The van der Waals surface area contributed by atoms with Gasteiger partial charge in [-0.3, -0.25) is 13.9 Å². The minimum atomic E-state index is -4.31. The second-order valence-electron chi connectivity index (χ2n) is 10.2. The van der Waals surface area contributed by atoms with Gasteiger partial charge >= 0.3 is 0 Å². The van der Waals surface area contributed by atoms with E-state index >= 15 is 0 Å². The van der Waals surface area contributed by atoms with Crippen molar-refractivity contribution in [1.82, 2.24) is 10.2 Å². The second kappa shape index (κ2) is 15.8. The SMILES string of the molecule is CCCNC(=O)C(Cc1ccccc1)N(Cc1c(Cl)cccc1Cl)C(=O)CN(c1cc(Cl)cc(Cl)c1)S(=O)(=O)c1ccccc1. The summed E-state index contributed by atoms with van der Waals surface area (Å²) in [6.07, 6.45) is 0.825. The Kier molecular flexibility index (Phi) is 12.2. The first-order chi connectivity index (χ1) is 21.5. The van der Waals surface area contributed by atoms with Crippen molar-refractivity contribution >= 4 is 73.9 Å².